The fourth-order valence-electron chi connectivity index (χ4n) is 0.920. The van der Waals surface area contributed by atoms with Crippen molar-refractivity contribution >= 4 is 17.6 Å². The van der Waals surface area contributed by atoms with E-state index in [-0.39, 0.29) is 5.56 Å². The molecule has 0 bridgehead atoms. The van der Waals surface area contributed by atoms with Gasteiger partial charge in [0, 0.05) is 0 Å². The van der Waals surface area contributed by atoms with Crippen molar-refractivity contribution in [2.75, 3.05) is 0 Å². The molecular formula is C8H3ClF2N2O2. The Labute approximate surface area is 87.7 Å². The molecule has 0 spiro atoms. The maximum atomic E-state index is 12.3. The summed E-state index contributed by atoms with van der Waals surface area (Å²) >= 11 is 5.39. The van der Waals surface area contributed by atoms with Gasteiger partial charge in [-0.05, 0) is 6.07 Å². The molecule has 4 nitrogen and oxygen atoms in total. The third-order valence-corrected chi connectivity index (χ3v) is 1.85. The van der Waals surface area contributed by atoms with Crippen LogP contribution in [0.4, 0.5) is 8.78 Å². The molecule has 0 aliphatic rings. The quantitative estimate of drug-likeness (QED) is 0.794. The van der Waals surface area contributed by atoms with E-state index in [1.165, 1.54) is 0 Å². The first-order chi connectivity index (χ1) is 6.97. The van der Waals surface area contributed by atoms with Crippen molar-refractivity contribution in [1.82, 2.24) is 4.98 Å². The minimum absolute atomic E-state index is 0.251. The van der Waals surface area contributed by atoms with E-state index < -0.39 is 28.8 Å². The number of nitriles is 1. The smallest absolute Gasteiger partial charge is 0.337 e. The van der Waals surface area contributed by atoms with Gasteiger partial charge in [-0.2, -0.15) is 5.26 Å². The van der Waals surface area contributed by atoms with Crippen LogP contribution < -0.4 is 0 Å². The van der Waals surface area contributed by atoms with Crippen LogP contribution in [0.25, 0.3) is 0 Å². The summed E-state index contributed by atoms with van der Waals surface area (Å²) in [5, 5.41) is 16.7. The summed E-state index contributed by atoms with van der Waals surface area (Å²) in [6, 6.07) is 2.33. The van der Waals surface area contributed by atoms with E-state index in [0.717, 1.165) is 6.07 Å². The molecule has 0 fully saturated rings. The average molecular weight is 233 g/mol. The zero-order valence-electron chi connectivity index (χ0n) is 7.04. The second-order valence-electron chi connectivity index (χ2n) is 2.48. The van der Waals surface area contributed by atoms with E-state index >= 15 is 0 Å². The number of carbonyl (C=O) groups is 1. The van der Waals surface area contributed by atoms with Gasteiger partial charge in [-0.3, -0.25) is 0 Å². The van der Waals surface area contributed by atoms with Crippen LogP contribution in [0, 0.1) is 11.3 Å². The first kappa shape index (κ1) is 11.3. The number of alkyl halides is 2. The largest absolute Gasteiger partial charge is 0.478 e. The molecule has 0 radical (unpaired) electrons. The molecule has 0 amide bonds. The van der Waals surface area contributed by atoms with E-state index in [0.29, 0.717) is 0 Å². The lowest BCUT2D eigenvalue weighted by Crippen LogP contribution is -2.07. The molecular weight excluding hydrogens is 230 g/mol. The van der Waals surface area contributed by atoms with Gasteiger partial charge >= 0.3 is 5.97 Å². The summed E-state index contributed by atoms with van der Waals surface area (Å²) in [4.78, 5) is 13.8. The predicted molar refractivity (Wildman–Crippen MR) is 45.9 cm³/mol. The highest BCUT2D eigenvalue weighted by atomic mass is 35.5. The lowest BCUT2D eigenvalue weighted by molar-refractivity contribution is 0.0682. The van der Waals surface area contributed by atoms with Gasteiger partial charge in [-0.1, -0.05) is 11.6 Å². The molecule has 0 atom stereocenters. The average Bonchev–Trinajstić information content (AvgIpc) is 2.16. The standard InChI is InChI=1S/C8H3ClF2N2O2/c9-6-3(2-12)1-4(8(14)15)5(13-6)7(10)11/h1,7H,(H,14,15). The Morgan fingerprint density at radius 3 is 2.67 bits per heavy atom. The third-order valence-electron chi connectivity index (χ3n) is 1.56. The summed E-state index contributed by atoms with van der Waals surface area (Å²) in [6.45, 7) is 0. The summed E-state index contributed by atoms with van der Waals surface area (Å²) in [7, 11) is 0. The Morgan fingerprint density at radius 1 is 1.67 bits per heavy atom. The Balaban J connectivity index is 3.47. The molecule has 0 unspecified atom stereocenters. The van der Waals surface area contributed by atoms with Gasteiger partial charge in [0.2, 0.25) is 0 Å². The number of aromatic nitrogens is 1. The molecule has 15 heavy (non-hydrogen) atoms. The van der Waals surface area contributed by atoms with Crippen molar-refractivity contribution in [3.63, 3.8) is 0 Å². The van der Waals surface area contributed by atoms with Gasteiger partial charge < -0.3 is 5.11 Å². The molecule has 0 aliphatic carbocycles. The van der Waals surface area contributed by atoms with Crippen molar-refractivity contribution in [2.45, 2.75) is 6.43 Å². The fraction of sp³-hybridized carbons (Fsp3) is 0.125. The van der Waals surface area contributed by atoms with Crippen LogP contribution in [0.15, 0.2) is 6.07 Å². The molecule has 0 aromatic carbocycles. The van der Waals surface area contributed by atoms with Crippen molar-refractivity contribution in [1.29, 1.82) is 5.26 Å². The van der Waals surface area contributed by atoms with Crippen molar-refractivity contribution in [2.24, 2.45) is 0 Å². The Morgan fingerprint density at radius 2 is 2.27 bits per heavy atom. The van der Waals surface area contributed by atoms with Crippen LogP contribution in [-0.2, 0) is 0 Å². The Hall–Kier alpha value is -1.74. The number of carboxylic acid groups (broad SMARTS) is 1. The van der Waals surface area contributed by atoms with E-state index in [9.17, 15) is 13.6 Å². The van der Waals surface area contributed by atoms with Crippen LogP contribution >= 0.6 is 11.6 Å². The number of halogens is 3. The summed E-state index contributed by atoms with van der Waals surface area (Å²) in [5.74, 6) is -1.58. The number of hydrogen-bond acceptors (Lipinski definition) is 3. The van der Waals surface area contributed by atoms with Gasteiger partial charge in [0.1, 0.15) is 16.9 Å². The van der Waals surface area contributed by atoms with E-state index in [1.54, 1.807) is 6.07 Å². The second kappa shape index (κ2) is 4.19. The highest BCUT2D eigenvalue weighted by Gasteiger charge is 2.22. The maximum absolute atomic E-state index is 12.3. The molecule has 1 heterocycles. The molecule has 78 valence electrons. The van der Waals surface area contributed by atoms with Crippen LogP contribution in [0.1, 0.15) is 28.0 Å². The topological polar surface area (TPSA) is 74.0 Å². The minimum Gasteiger partial charge on any atom is -0.478 e. The number of pyridine rings is 1. The normalized spacial score (nSPS) is 10.1. The highest BCUT2D eigenvalue weighted by molar-refractivity contribution is 6.30. The number of hydrogen-bond donors (Lipinski definition) is 1. The number of aromatic carboxylic acids is 1. The monoisotopic (exact) mass is 232 g/mol. The van der Waals surface area contributed by atoms with Gasteiger partial charge in [-0.15, -0.1) is 0 Å². The van der Waals surface area contributed by atoms with E-state index in [1.807, 2.05) is 0 Å². The molecule has 7 heteroatoms. The summed E-state index contributed by atoms with van der Waals surface area (Å²) in [6.07, 6.45) is -3.05. The molecule has 0 aliphatic heterocycles. The number of carboxylic acids is 1. The third kappa shape index (κ3) is 2.19. The molecule has 1 aromatic rings. The number of nitrogens with zero attached hydrogens (tertiary/aromatic N) is 2. The number of rotatable bonds is 2. The predicted octanol–water partition coefficient (Wildman–Crippen LogP) is 2.24. The van der Waals surface area contributed by atoms with Crippen molar-refractivity contribution < 1.29 is 18.7 Å². The molecule has 1 rings (SSSR count). The van der Waals surface area contributed by atoms with Crippen LogP contribution in [0.3, 0.4) is 0 Å². The summed E-state index contributed by atoms with van der Waals surface area (Å²) < 4.78 is 24.7. The first-order valence-electron chi connectivity index (χ1n) is 3.59. The van der Waals surface area contributed by atoms with Crippen LogP contribution in [0.2, 0.25) is 5.15 Å². The Bertz CT molecular complexity index is 457. The van der Waals surface area contributed by atoms with Crippen molar-refractivity contribution in [3.8, 4) is 6.07 Å². The Kier molecular flexibility index (Phi) is 3.17. The zero-order valence-corrected chi connectivity index (χ0v) is 7.79. The molecule has 0 saturated heterocycles. The van der Waals surface area contributed by atoms with Gasteiger partial charge in [0.25, 0.3) is 6.43 Å². The minimum atomic E-state index is -3.05. The molecule has 1 N–H and O–H groups in total. The van der Waals surface area contributed by atoms with E-state index in [2.05, 4.69) is 4.98 Å². The second-order valence-corrected chi connectivity index (χ2v) is 2.84. The van der Waals surface area contributed by atoms with Gasteiger partial charge in [-0.25, -0.2) is 18.6 Å². The SMILES string of the molecule is N#Cc1cc(C(=O)O)c(C(F)F)nc1Cl. The lowest BCUT2D eigenvalue weighted by Gasteiger charge is -2.05. The van der Waals surface area contributed by atoms with Gasteiger partial charge in [0.15, 0.2) is 0 Å². The highest BCUT2D eigenvalue weighted by Crippen LogP contribution is 2.25. The van der Waals surface area contributed by atoms with E-state index in [4.69, 9.17) is 22.0 Å². The molecule has 1 aromatic heterocycles. The summed E-state index contributed by atoms with van der Waals surface area (Å²) in [5.41, 5.74) is -1.91. The van der Waals surface area contributed by atoms with Crippen LogP contribution in [-0.4, -0.2) is 16.1 Å². The maximum Gasteiger partial charge on any atom is 0.337 e. The lowest BCUT2D eigenvalue weighted by atomic mass is 10.1. The first-order valence-corrected chi connectivity index (χ1v) is 3.97. The van der Waals surface area contributed by atoms with Crippen molar-refractivity contribution in [3.05, 3.63) is 28.0 Å². The zero-order chi connectivity index (χ0) is 11.6. The van der Waals surface area contributed by atoms with Gasteiger partial charge in [0.05, 0.1) is 11.1 Å². The van der Waals surface area contributed by atoms with Crippen LogP contribution in [0.5, 0.6) is 0 Å². The molecule has 0 saturated carbocycles. The fourth-order valence-corrected chi connectivity index (χ4v) is 1.11.